The van der Waals surface area contributed by atoms with Crippen molar-refractivity contribution in [3.05, 3.63) is 0 Å². The summed E-state index contributed by atoms with van der Waals surface area (Å²) < 4.78 is 52.3. The summed E-state index contributed by atoms with van der Waals surface area (Å²) in [6, 6.07) is 0. The van der Waals surface area contributed by atoms with Crippen LogP contribution < -0.4 is 0 Å². The molecule has 0 aromatic heterocycles. The first-order valence-corrected chi connectivity index (χ1v) is 11.8. The van der Waals surface area contributed by atoms with Gasteiger partial charge in [-0.05, 0) is 0 Å². The summed E-state index contributed by atoms with van der Waals surface area (Å²) in [5, 5.41) is 16.8. The molecule has 0 aliphatic rings. The maximum Gasteiger partial charge on any atom is 0.329 e. The quantitative estimate of drug-likeness (QED) is 0.108. The largest absolute Gasteiger partial charge is 0.480 e. The Morgan fingerprint density at radius 1 is 0.306 bits per heavy atom. The minimum atomic E-state index is -1.00. The minimum absolute atomic E-state index is 0.236. The van der Waals surface area contributed by atoms with Gasteiger partial charge in [0.2, 0.25) is 0 Å². The zero-order valence-corrected chi connectivity index (χ0v) is 20.9. The van der Waals surface area contributed by atoms with E-state index < -0.39 is 11.9 Å². The molecule has 14 heteroatoms. The van der Waals surface area contributed by atoms with Crippen LogP contribution in [0.2, 0.25) is 0 Å². The van der Waals surface area contributed by atoms with Crippen LogP contribution in [0.1, 0.15) is 0 Å². The molecule has 14 nitrogen and oxygen atoms in total. The first kappa shape index (κ1) is 34.5. The molecule has 0 bridgehead atoms. The molecule has 0 radical (unpaired) electrons. The van der Waals surface area contributed by atoms with Crippen molar-refractivity contribution in [3.8, 4) is 0 Å². The molecule has 0 heterocycles. The molecule has 0 saturated heterocycles. The van der Waals surface area contributed by atoms with Crippen LogP contribution in [0, 0.1) is 0 Å². The third-order valence-corrected chi connectivity index (χ3v) is 3.80. The lowest BCUT2D eigenvalue weighted by Crippen LogP contribution is -2.15. The van der Waals surface area contributed by atoms with Crippen LogP contribution >= 0.6 is 0 Å². The number of carboxylic acid groups (broad SMARTS) is 2. The van der Waals surface area contributed by atoms with E-state index in [1.165, 1.54) is 0 Å². The Morgan fingerprint density at radius 3 is 0.583 bits per heavy atom. The Hall–Kier alpha value is -1.46. The molecule has 0 spiro atoms. The van der Waals surface area contributed by atoms with Crippen molar-refractivity contribution in [1.82, 2.24) is 0 Å². The van der Waals surface area contributed by atoms with Crippen LogP contribution in [0.4, 0.5) is 0 Å². The first-order chi connectivity index (χ1) is 17.6. The van der Waals surface area contributed by atoms with Gasteiger partial charge in [-0.25, -0.2) is 9.59 Å². The molecule has 0 saturated carbocycles. The fourth-order valence-corrected chi connectivity index (χ4v) is 2.20. The third-order valence-electron chi connectivity index (χ3n) is 3.80. The Bertz CT molecular complexity index is 438. The predicted octanol–water partition coefficient (Wildman–Crippen LogP) is -0.678. The molecular weight excluding hydrogens is 488 g/mol. The SMILES string of the molecule is O=C(O)COCCOCCOCCOCCOCCOCCOCCOCCOCCOCC(=O)O. The highest BCUT2D eigenvalue weighted by Crippen LogP contribution is 1.86. The van der Waals surface area contributed by atoms with E-state index in [1.807, 2.05) is 0 Å². The molecule has 0 unspecified atom stereocenters. The van der Waals surface area contributed by atoms with Gasteiger partial charge in [-0.3, -0.25) is 0 Å². The van der Waals surface area contributed by atoms with Crippen molar-refractivity contribution >= 4 is 11.9 Å². The van der Waals surface area contributed by atoms with Crippen LogP contribution in [0.15, 0.2) is 0 Å². The molecule has 214 valence electrons. The molecule has 0 fully saturated rings. The van der Waals surface area contributed by atoms with Crippen LogP contribution in [-0.2, 0) is 57.0 Å². The zero-order valence-electron chi connectivity index (χ0n) is 20.9. The number of hydrogen-bond acceptors (Lipinski definition) is 12. The highest BCUT2D eigenvalue weighted by molar-refractivity contribution is 5.68. The van der Waals surface area contributed by atoms with Gasteiger partial charge in [-0.1, -0.05) is 0 Å². The van der Waals surface area contributed by atoms with Gasteiger partial charge in [0.05, 0.1) is 119 Å². The van der Waals surface area contributed by atoms with Gasteiger partial charge >= 0.3 is 11.9 Å². The molecule has 0 aliphatic heterocycles. The standard InChI is InChI=1S/C22H42O14/c23-21(24)19-35-17-15-33-13-11-31-9-7-29-5-3-27-1-2-28-4-6-30-8-10-32-12-14-34-16-18-36-20-22(25)26/h1-20H2,(H,23,24)(H,25,26). The average molecular weight is 531 g/mol. The highest BCUT2D eigenvalue weighted by Gasteiger charge is 1.98. The zero-order chi connectivity index (χ0) is 26.4. The maximum atomic E-state index is 10.2. The Morgan fingerprint density at radius 2 is 0.444 bits per heavy atom. The van der Waals surface area contributed by atoms with E-state index in [1.54, 1.807) is 0 Å². The van der Waals surface area contributed by atoms with Gasteiger partial charge in [0.15, 0.2) is 0 Å². The molecule has 0 rings (SSSR count). The lowest BCUT2D eigenvalue weighted by molar-refractivity contribution is -0.143. The van der Waals surface area contributed by atoms with E-state index in [2.05, 4.69) is 0 Å². The van der Waals surface area contributed by atoms with Crippen LogP contribution in [0.3, 0.4) is 0 Å². The number of carboxylic acids is 2. The van der Waals surface area contributed by atoms with Crippen molar-refractivity contribution in [2.75, 3.05) is 132 Å². The van der Waals surface area contributed by atoms with E-state index in [-0.39, 0.29) is 26.4 Å². The topological polar surface area (TPSA) is 167 Å². The Labute approximate surface area is 211 Å². The average Bonchev–Trinajstić information content (AvgIpc) is 2.85. The van der Waals surface area contributed by atoms with Gasteiger partial charge in [0, 0.05) is 0 Å². The number of aliphatic carboxylic acids is 2. The summed E-state index contributed by atoms with van der Waals surface area (Å²) in [7, 11) is 0. The molecule has 0 aromatic rings. The summed E-state index contributed by atoms with van der Waals surface area (Å²) in [6.45, 7) is 6.77. The second-order valence-corrected chi connectivity index (χ2v) is 6.79. The summed E-state index contributed by atoms with van der Waals surface area (Å²) in [5.41, 5.74) is 0. The molecule has 0 amide bonds. The molecular formula is C22H42O14. The Balaban J connectivity index is 3.03. The maximum absolute atomic E-state index is 10.2. The van der Waals surface area contributed by atoms with Crippen LogP contribution in [0.5, 0.6) is 0 Å². The number of rotatable bonds is 31. The lowest BCUT2D eigenvalue weighted by Gasteiger charge is -2.08. The minimum Gasteiger partial charge on any atom is -0.480 e. The smallest absolute Gasteiger partial charge is 0.329 e. The van der Waals surface area contributed by atoms with Crippen LogP contribution in [0.25, 0.3) is 0 Å². The van der Waals surface area contributed by atoms with Gasteiger partial charge in [-0.2, -0.15) is 0 Å². The normalized spacial score (nSPS) is 11.2. The predicted molar refractivity (Wildman–Crippen MR) is 123 cm³/mol. The van der Waals surface area contributed by atoms with Crippen molar-refractivity contribution in [2.45, 2.75) is 0 Å². The monoisotopic (exact) mass is 530 g/mol. The second kappa shape index (κ2) is 29.8. The van der Waals surface area contributed by atoms with Crippen LogP contribution in [-0.4, -0.2) is 154 Å². The fraction of sp³-hybridized carbons (Fsp3) is 0.909. The molecule has 2 N–H and O–H groups in total. The molecule has 0 atom stereocenters. The van der Waals surface area contributed by atoms with Gasteiger partial charge < -0.3 is 57.6 Å². The molecule has 0 aromatic carbocycles. The van der Waals surface area contributed by atoms with Gasteiger partial charge in [-0.15, -0.1) is 0 Å². The fourth-order valence-electron chi connectivity index (χ4n) is 2.20. The van der Waals surface area contributed by atoms with Gasteiger partial charge in [0.25, 0.3) is 0 Å². The van der Waals surface area contributed by atoms with Crippen molar-refractivity contribution in [1.29, 1.82) is 0 Å². The number of ether oxygens (including phenoxy) is 10. The Kier molecular flexibility index (Phi) is 28.6. The summed E-state index contributed by atoms with van der Waals surface area (Å²) in [6.07, 6.45) is 0. The summed E-state index contributed by atoms with van der Waals surface area (Å²) in [5.74, 6) is -2.00. The summed E-state index contributed by atoms with van der Waals surface area (Å²) >= 11 is 0. The number of hydrogen-bond donors (Lipinski definition) is 2. The third kappa shape index (κ3) is 32.5. The molecule has 36 heavy (non-hydrogen) atoms. The van der Waals surface area contributed by atoms with E-state index in [4.69, 9.17) is 57.6 Å². The van der Waals surface area contributed by atoms with Gasteiger partial charge in [0.1, 0.15) is 13.2 Å². The summed E-state index contributed by atoms with van der Waals surface area (Å²) in [4.78, 5) is 20.5. The van der Waals surface area contributed by atoms with Crippen molar-refractivity contribution in [2.24, 2.45) is 0 Å². The number of carbonyl (C=O) groups is 2. The van der Waals surface area contributed by atoms with E-state index >= 15 is 0 Å². The van der Waals surface area contributed by atoms with Crippen molar-refractivity contribution in [3.63, 3.8) is 0 Å². The van der Waals surface area contributed by atoms with E-state index in [0.29, 0.717) is 106 Å². The van der Waals surface area contributed by atoms with E-state index in [0.717, 1.165) is 0 Å². The second-order valence-electron chi connectivity index (χ2n) is 6.79. The first-order valence-electron chi connectivity index (χ1n) is 11.8. The lowest BCUT2D eigenvalue weighted by atomic mass is 10.6. The highest BCUT2D eigenvalue weighted by atomic mass is 16.6. The van der Waals surface area contributed by atoms with Crippen molar-refractivity contribution < 1.29 is 67.2 Å². The molecule has 0 aliphatic carbocycles. The van der Waals surface area contributed by atoms with E-state index in [9.17, 15) is 9.59 Å².